The van der Waals surface area contributed by atoms with E-state index in [4.69, 9.17) is 9.47 Å². The Balaban J connectivity index is 1.77. The first-order valence-electron chi connectivity index (χ1n) is 11.9. The number of carbonyl (C=O) groups excluding carboxylic acids is 1. The molecular formula is C28H24N4O7. The molecule has 0 atom stereocenters. The number of hydrazone groups is 1. The predicted octanol–water partition coefficient (Wildman–Crippen LogP) is 6.23. The Bertz CT molecular complexity index is 1530. The lowest BCUT2D eigenvalue weighted by Crippen LogP contribution is -2.21. The first-order chi connectivity index (χ1) is 18.7. The maximum Gasteiger partial charge on any atom is 0.318 e. The van der Waals surface area contributed by atoms with Gasteiger partial charge in [-0.25, -0.2) is 0 Å². The van der Waals surface area contributed by atoms with Gasteiger partial charge in [0.1, 0.15) is 0 Å². The predicted molar refractivity (Wildman–Crippen MR) is 146 cm³/mol. The van der Waals surface area contributed by atoms with Crippen LogP contribution in [0.2, 0.25) is 0 Å². The highest BCUT2D eigenvalue weighted by atomic mass is 16.6. The van der Waals surface area contributed by atoms with Crippen LogP contribution in [0.3, 0.4) is 0 Å². The molecule has 3 aromatic rings. The summed E-state index contributed by atoms with van der Waals surface area (Å²) in [6.45, 7) is 7.55. The van der Waals surface area contributed by atoms with Gasteiger partial charge in [0.2, 0.25) is 5.75 Å². The van der Waals surface area contributed by atoms with Crippen LogP contribution in [0.15, 0.2) is 84.0 Å². The minimum atomic E-state index is -0.749. The van der Waals surface area contributed by atoms with Gasteiger partial charge >= 0.3 is 5.69 Å². The molecule has 0 bridgehead atoms. The number of hydrogen-bond donors (Lipinski definition) is 0. The number of benzene rings is 3. The summed E-state index contributed by atoms with van der Waals surface area (Å²) >= 11 is 0. The topological polar surface area (TPSA) is 137 Å². The van der Waals surface area contributed by atoms with Gasteiger partial charge < -0.3 is 9.47 Å². The average Bonchev–Trinajstić information content (AvgIpc) is 3.19. The molecule has 0 saturated heterocycles. The Labute approximate surface area is 223 Å². The quantitative estimate of drug-likeness (QED) is 0.132. The molecule has 0 unspecified atom stereocenters. The smallest absolute Gasteiger partial charge is 0.318 e. The number of ether oxygens (including phenoxy) is 2. The average molecular weight is 529 g/mol. The molecule has 4 rings (SSSR count). The molecule has 0 saturated carbocycles. The lowest BCUT2D eigenvalue weighted by molar-refractivity contribution is -0.394. The molecule has 0 radical (unpaired) electrons. The third kappa shape index (κ3) is 5.67. The maximum atomic E-state index is 13.2. The van der Waals surface area contributed by atoms with E-state index in [0.29, 0.717) is 34.5 Å². The van der Waals surface area contributed by atoms with Crippen molar-refractivity contribution in [1.29, 1.82) is 0 Å². The highest BCUT2D eigenvalue weighted by Crippen LogP contribution is 2.42. The van der Waals surface area contributed by atoms with E-state index >= 15 is 0 Å². The number of anilines is 1. The molecule has 0 fully saturated rings. The van der Waals surface area contributed by atoms with Gasteiger partial charge in [-0.3, -0.25) is 25.0 Å². The van der Waals surface area contributed by atoms with Crippen molar-refractivity contribution in [2.75, 3.05) is 11.6 Å². The van der Waals surface area contributed by atoms with Crippen molar-refractivity contribution in [3.05, 3.63) is 110 Å². The zero-order valence-electron chi connectivity index (χ0n) is 21.2. The zero-order valence-corrected chi connectivity index (χ0v) is 21.2. The number of amides is 1. The Morgan fingerprint density at radius 2 is 1.77 bits per heavy atom. The molecule has 0 aliphatic carbocycles. The molecule has 1 amide bonds. The van der Waals surface area contributed by atoms with E-state index in [1.54, 1.807) is 50.3 Å². The van der Waals surface area contributed by atoms with Crippen LogP contribution in [0, 0.1) is 20.2 Å². The lowest BCUT2D eigenvalue weighted by Gasteiger charge is -2.17. The molecule has 39 heavy (non-hydrogen) atoms. The van der Waals surface area contributed by atoms with Crippen LogP contribution in [-0.2, 0) is 11.2 Å². The summed E-state index contributed by atoms with van der Waals surface area (Å²) in [5.41, 5.74) is 1.77. The van der Waals surface area contributed by atoms with Crippen molar-refractivity contribution < 1.29 is 24.1 Å². The number of non-ortho nitro benzene ring substituents is 1. The molecule has 0 aromatic heterocycles. The molecule has 0 spiro atoms. The largest absolute Gasteiger partial charge is 0.490 e. The van der Waals surface area contributed by atoms with E-state index in [1.165, 1.54) is 11.1 Å². The standard InChI is InChI=1S/C28H24N4O7/c1-4-9-20-14-19(15-23-18(3)29-30(28(23)33)21-10-7-6-8-11-21)16-26(38-5-2)27(20)39-25-13-12-22(31(34)35)17-24(25)32(36)37/h4,6-8,10-17H,1,5,9H2,2-3H3/b23-15+. The minimum Gasteiger partial charge on any atom is -0.490 e. The van der Waals surface area contributed by atoms with Crippen LogP contribution in [0.1, 0.15) is 25.0 Å². The third-order valence-electron chi connectivity index (χ3n) is 5.75. The summed E-state index contributed by atoms with van der Waals surface area (Å²) in [5, 5.41) is 28.5. The molecule has 1 heterocycles. The molecule has 1 aliphatic rings. The second-order valence-electron chi connectivity index (χ2n) is 8.40. The van der Waals surface area contributed by atoms with E-state index < -0.39 is 21.2 Å². The monoisotopic (exact) mass is 528 g/mol. The van der Waals surface area contributed by atoms with E-state index in [9.17, 15) is 25.0 Å². The SMILES string of the molecule is C=CCc1cc(/C=C2/C(=O)N(c3ccccc3)N=C2C)cc(OCC)c1Oc1ccc([N+](=O)[O-])cc1[N+](=O)[O-]. The van der Waals surface area contributed by atoms with Crippen molar-refractivity contribution in [2.24, 2.45) is 5.10 Å². The fourth-order valence-corrected chi connectivity index (χ4v) is 4.01. The number of allylic oxidation sites excluding steroid dienone is 1. The number of nitro groups is 2. The maximum absolute atomic E-state index is 13.2. The van der Waals surface area contributed by atoms with Crippen LogP contribution < -0.4 is 14.5 Å². The number of carbonyl (C=O) groups is 1. The van der Waals surface area contributed by atoms with Gasteiger partial charge in [0.05, 0.1) is 39.5 Å². The van der Waals surface area contributed by atoms with Crippen LogP contribution in [0.25, 0.3) is 6.08 Å². The number of hydrogen-bond acceptors (Lipinski definition) is 8. The van der Waals surface area contributed by atoms with Crippen LogP contribution in [0.5, 0.6) is 17.2 Å². The second-order valence-corrected chi connectivity index (χ2v) is 8.40. The Hall–Kier alpha value is -5.32. The van der Waals surface area contributed by atoms with Crippen LogP contribution >= 0.6 is 0 Å². The molecule has 3 aromatic carbocycles. The fourth-order valence-electron chi connectivity index (χ4n) is 4.01. The summed E-state index contributed by atoms with van der Waals surface area (Å²) in [6.07, 6.45) is 3.63. The Morgan fingerprint density at radius 3 is 2.41 bits per heavy atom. The Kier molecular flexibility index (Phi) is 7.80. The molecule has 198 valence electrons. The molecule has 1 aliphatic heterocycles. The number of nitro benzene ring substituents is 2. The number of nitrogens with zero attached hydrogens (tertiary/aromatic N) is 4. The fraction of sp³-hybridized carbons (Fsp3) is 0.143. The first kappa shape index (κ1) is 26.7. The highest BCUT2D eigenvalue weighted by Gasteiger charge is 2.29. The second kappa shape index (κ2) is 11.4. The normalized spacial score (nSPS) is 13.8. The van der Waals surface area contributed by atoms with E-state index in [2.05, 4.69) is 11.7 Å². The summed E-state index contributed by atoms with van der Waals surface area (Å²) in [7, 11) is 0. The van der Waals surface area contributed by atoms with Crippen LogP contribution in [0.4, 0.5) is 17.1 Å². The summed E-state index contributed by atoms with van der Waals surface area (Å²) in [6, 6.07) is 15.6. The molecule has 11 nitrogen and oxygen atoms in total. The van der Waals surface area contributed by atoms with Crippen molar-refractivity contribution in [1.82, 2.24) is 0 Å². The van der Waals surface area contributed by atoms with Crippen molar-refractivity contribution in [3.63, 3.8) is 0 Å². The van der Waals surface area contributed by atoms with Crippen LogP contribution in [-0.4, -0.2) is 28.1 Å². The van der Waals surface area contributed by atoms with Gasteiger partial charge in [-0.15, -0.1) is 6.58 Å². The number of rotatable bonds is 10. The summed E-state index contributed by atoms with van der Waals surface area (Å²) < 4.78 is 11.8. The Morgan fingerprint density at radius 1 is 1.03 bits per heavy atom. The molecule has 11 heteroatoms. The molecular weight excluding hydrogens is 504 g/mol. The highest BCUT2D eigenvalue weighted by molar-refractivity contribution is 6.32. The summed E-state index contributed by atoms with van der Waals surface area (Å²) in [5.74, 6) is 0.000361. The van der Waals surface area contributed by atoms with Gasteiger partial charge in [0.15, 0.2) is 11.5 Å². The first-order valence-corrected chi connectivity index (χ1v) is 11.9. The van der Waals surface area contributed by atoms with Gasteiger partial charge in [-0.2, -0.15) is 10.1 Å². The van der Waals surface area contributed by atoms with E-state index in [1.807, 2.05) is 18.2 Å². The van der Waals surface area contributed by atoms with Gasteiger partial charge in [0.25, 0.3) is 11.6 Å². The third-order valence-corrected chi connectivity index (χ3v) is 5.75. The lowest BCUT2D eigenvalue weighted by atomic mass is 10.0. The van der Waals surface area contributed by atoms with E-state index in [0.717, 1.165) is 12.1 Å². The van der Waals surface area contributed by atoms with E-state index in [-0.39, 0.29) is 29.8 Å². The zero-order chi connectivity index (χ0) is 28.1. The van der Waals surface area contributed by atoms with Gasteiger partial charge in [-0.1, -0.05) is 24.3 Å². The number of para-hydroxylation sites is 1. The summed E-state index contributed by atoms with van der Waals surface area (Å²) in [4.78, 5) is 34.5. The minimum absolute atomic E-state index is 0.185. The van der Waals surface area contributed by atoms with Gasteiger partial charge in [0, 0.05) is 11.6 Å². The van der Waals surface area contributed by atoms with Crippen molar-refractivity contribution >= 4 is 34.8 Å². The van der Waals surface area contributed by atoms with Gasteiger partial charge in [-0.05, 0) is 62.2 Å². The van der Waals surface area contributed by atoms with Crippen molar-refractivity contribution in [2.45, 2.75) is 20.3 Å². The molecule has 0 N–H and O–H groups in total. The van der Waals surface area contributed by atoms with Crippen molar-refractivity contribution in [3.8, 4) is 17.2 Å².